The molecular formula is C14H18N2O. The highest BCUT2D eigenvalue weighted by molar-refractivity contribution is 5.90. The molecule has 2 heterocycles. The van der Waals surface area contributed by atoms with Gasteiger partial charge in [0, 0.05) is 18.2 Å². The van der Waals surface area contributed by atoms with Crippen LogP contribution in [-0.4, -0.2) is 30.1 Å². The number of anilines is 1. The van der Waals surface area contributed by atoms with Gasteiger partial charge in [0.15, 0.2) is 0 Å². The van der Waals surface area contributed by atoms with E-state index in [0.717, 1.165) is 0 Å². The molecule has 3 nitrogen and oxygen atoms in total. The molecule has 0 saturated carbocycles. The van der Waals surface area contributed by atoms with Gasteiger partial charge in [0.25, 0.3) is 0 Å². The first-order valence-electron chi connectivity index (χ1n) is 6.04. The Morgan fingerprint density at radius 1 is 1.18 bits per heavy atom. The zero-order chi connectivity index (χ0) is 12.4. The maximum Gasteiger partial charge on any atom is 0.243 e. The van der Waals surface area contributed by atoms with E-state index in [1.807, 2.05) is 18.0 Å². The van der Waals surface area contributed by atoms with Crippen LogP contribution < -0.4 is 4.90 Å². The van der Waals surface area contributed by atoms with Crippen LogP contribution in [0.1, 0.15) is 26.3 Å². The molecule has 1 atom stereocenters. The van der Waals surface area contributed by atoms with E-state index in [4.69, 9.17) is 0 Å². The van der Waals surface area contributed by atoms with E-state index in [0.29, 0.717) is 6.54 Å². The Labute approximate surface area is 102 Å². The summed E-state index contributed by atoms with van der Waals surface area (Å²) < 4.78 is 0. The van der Waals surface area contributed by atoms with Crippen molar-refractivity contribution < 1.29 is 4.79 Å². The van der Waals surface area contributed by atoms with Gasteiger partial charge >= 0.3 is 0 Å². The monoisotopic (exact) mass is 230 g/mol. The van der Waals surface area contributed by atoms with E-state index in [-0.39, 0.29) is 17.0 Å². The fraction of sp³-hybridized carbons (Fsp3) is 0.500. The predicted molar refractivity (Wildman–Crippen MR) is 68.0 cm³/mol. The van der Waals surface area contributed by atoms with Crippen LogP contribution in [0, 0.1) is 0 Å². The van der Waals surface area contributed by atoms with Gasteiger partial charge in [-0.25, -0.2) is 0 Å². The van der Waals surface area contributed by atoms with Crippen LogP contribution in [0.4, 0.5) is 5.69 Å². The molecule has 0 spiro atoms. The number of benzene rings is 1. The third-order valence-corrected chi connectivity index (χ3v) is 4.90. The van der Waals surface area contributed by atoms with E-state index >= 15 is 0 Å². The summed E-state index contributed by atoms with van der Waals surface area (Å²) in [6.07, 6.45) is 0. The van der Waals surface area contributed by atoms with Crippen LogP contribution in [0.25, 0.3) is 0 Å². The average Bonchev–Trinajstić information content (AvgIpc) is 2.63. The molecule has 0 radical (unpaired) electrons. The summed E-state index contributed by atoms with van der Waals surface area (Å²) in [5, 5.41) is 0. The summed E-state index contributed by atoms with van der Waals surface area (Å²) in [6.45, 7) is 7.10. The Morgan fingerprint density at radius 3 is 2.53 bits per heavy atom. The van der Waals surface area contributed by atoms with Crippen molar-refractivity contribution in [1.29, 1.82) is 0 Å². The first-order chi connectivity index (χ1) is 7.90. The van der Waals surface area contributed by atoms with Crippen molar-refractivity contribution in [1.82, 2.24) is 4.90 Å². The molecule has 2 aliphatic heterocycles. The molecule has 1 aromatic rings. The summed E-state index contributed by atoms with van der Waals surface area (Å²) >= 11 is 0. The first-order valence-corrected chi connectivity index (χ1v) is 6.04. The Bertz CT molecular complexity index is 509. The van der Waals surface area contributed by atoms with E-state index in [2.05, 4.69) is 43.9 Å². The highest BCUT2D eigenvalue weighted by Crippen LogP contribution is 2.54. The molecule has 17 heavy (non-hydrogen) atoms. The lowest BCUT2D eigenvalue weighted by Crippen LogP contribution is -2.58. The SMILES string of the molecule is CN1C(=O)CN2c3ccccc3C(C)(C)[C@]12C. The van der Waals surface area contributed by atoms with Crippen molar-refractivity contribution in [3.05, 3.63) is 29.8 Å². The highest BCUT2D eigenvalue weighted by Gasteiger charge is 2.61. The van der Waals surface area contributed by atoms with E-state index in [1.165, 1.54) is 11.3 Å². The van der Waals surface area contributed by atoms with Crippen molar-refractivity contribution >= 4 is 11.6 Å². The van der Waals surface area contributed by atoms with Crippen molar-refractivity contribution in [2.45, 2.75) is 31.8 Å². The maximum atomic E-state index is 12.0. The molecule has 1 amide bonds. The Morgan fingerprint density at radius 2 is 1.82 bits per heavy atom. The second-order valence-corrected chi connectivity index (χ2v) is 5.70. The summed E-state index contributed by atoms with van der Waals surface area (Å²) in [7, 11) is 1.91. The van der Waals surface area contributed by atoms with Crippen molar-refractivity contribution in [2.24, 2.45) is 0 Å². The molecule has 1 aromatic carbocycles. The van der Waals surface area contributed by atoms with Crippen LogP contribution in [0.15, 0.2) is 24.3 Å². The number of hydrogen-bond acceptors (Lipinski definition) is 2. The van der Waals surface area contributed by atoms with E-state index < -0.39 is 0 Å². The zero-order valence-corrected chi connectivity index (χ0v) is 10.8. The molecule has 2 aliphatic rings. The number of hydrogen-bond donors (Lipinski definition) is 0. The Hall–Kier alpha value is -1.51. The molecule has 0 N–H and O–H groups in total. The van der Waals surface area contributed by atoms with Crippen molar-refractivity contribution in [3.8, 4) is 0 Å². The first kappa shape index (κ1) is 10.6. The lowest BCUT2D eigenvalue weighted by Gasteiger charge is -2.44. The smallest absolute Gasteiger partial charge is 0.243 e. The molecule has 1 fully saturated rings. The Balaban J connectivity index is 2.28. The number of fused-ring (bicyclic) bond motifs is 3. The van der Waals surface area contributed by atoms with E-state index in [9.17, 15) is 4.79 Å². The number of amides is 1. The molecule has 0 aliphatic carbocycles. The lowest BCUT2D eigenvalue weighted by atomic mass is 9.76. The summed E-state index contributed by atoms with van der Waals surface area (Å²) in [6, 6.07) is 8.42. The number of carbonyl (C=O) groups is 1. The van der Waals surface area contributed by atoms with Gasteiger partial charge in [0.1, 0.15) is 5.66 Å². The van der Waals surface area contributed by atoms with Crippen LogP contribution in [0.2, 0.25) is 0 Å². The molecular weight excluding hydrogens is 212 g/mol. The molecule has 90 valence electrons. The fourth-order valence-corrected chi connectivity index (χ4v) is 3.39. The van der Waals surface area contributed by atoms with Gasteiger partial charge in [-0.15, -0.1) is 0 Å². The number of likely N-dealkylation sites (N-methyl/N-ethyl adjacent to an activating group) is 1. The lowest BCUT2D eigenvalue weighted by molar-refractivity contribution is -0.129. The quantitative estimate of drug-likeness (QED) is 0.680. The predicted octanol–water partition coefficient (Wildman–Crippen LogP) is 1.97. The highest BCUT2D eigenvalue weighted by atomic mass is 16.2. The number of rotatable bonds is 0. The Kier molecular flexibility index (Phi) is 1.77. The minimum Gasteiger partial charge on any atom is -0.338 e. The summed E-state index contributed by atoms with van der Waals surface area (Å²) in [4.78, 5) is 16.1. The van der Waals surface area contributed by atoms with Crippen LogP contribution in [0.5, 0.6) is 0 Å². The minimum absolute atomic E-state index is 0.0511. The second kappa shape index (κ2) is 2.84. The second-order valence-electron chi connectivity index (χ2n) is 5.70. The summed E-state index contributed by atoms with van der Waals surface area (Å²) in [5.74, 6) is 0.204. The van der Waals surface area contributed by atoms with Gasteiger partial charge < -0.3 is 9.80 Å². The van der Waals surface area contributed by atoms with Gasteiger partial charge in [-0.3, -0.25) is 4.79 Å². The van der Waals surface area contributed by atoms with Gasteiger partial charge in [0.05, 0.1) is 6.54 Å². The van der Waals surface area contributed by atoms with Gasteiger partial charge in [-0.1, -0.05) is 32.0 Å². The normalized spacial score (nSPS) is 29.5. The van der Waals surface area contributed by atoms with Crippen LogP contribution >= 0.6 is 0 Å². The number of carbonyl (C=O) groups excluding carboxylic acids is 1. The molecule has 0 aromatic heterocycles. The summed E-state index contributed by atoms with van der Waals surface area (Å²) in [5.41, 5.74) is 2.25. The fourth-order valence-electron chi connectivity index (χ4n) is 3.39. The zero-order valence-electron chi connectivity index (χ0n) is 10.8. The molecule has 0 unspecified atom stereocenters. The molecule has 3 heteroatoms. The largest absolute Gasteiger partial charge is 0.338 e. The van der Waals surface area contributed by atoms with Crippen molar-refractivity contribution in [2.75, 3.05) is 18.5 Å². The molecule has 3 rings (SSSR count). The maximum absolute atomic E-state index is 12.0. The third-order valence-electron chi connectivity index (χ3n) is 4.90. The molecule has 0 bridgehead atoms. The van der Waals surface area contributed by atoms with Gasteiger partial charge in [-0.05, 0) is 18.6 Å². The minimum atomic E-state index is -0.242. The van der Waals surface area contributed by atoms with Gasteiger partial charge in [-0.2, -0.15) is 0 Å². The third kappa shape index (κ3) is 0.961. The molecule has 1 saturated heterocycles. The van der Waals surface area contributed by atoms with Crippen molar-refractivity contribution in [3.63, 3.8) is 0 Å². The standard InChI is InChI=1S/C14H18N2O/c1-13(2)10-7-5-6-8-11(10)16-9-12(17)15(4)14(13,16)3/h5-8H,9H2,1-4H3/t14-/m1/s1. The number of nitrogens with zero attached hydrogens (tertiary/aromatic N) is 2. The van der Waals surface area contributed by atoms with E-state index in [1.54, 1.807) is 0 Å². The van der Waals surface area contributed by atoms with Gasteiger partial charge in [0.2, 0.25) is 5.91 Å². The average molecular weight is 230 g/mol. The van der Waals surface area contributed by atoms with Crippen LogP contribution in [-0.2, 0) is 10.2 Å². The number of para-hydroxylation sites is 1. The van der Waals surface area contributed by atoms with Crippen LogP contribution in [0.3, 0.4) is 0 Å². The topological polar surface area (TPSA) is 23.6 Å².